The lowest BCUT2D eigenvalue weighted by Crippen LogP contribution is -1.97. The van der Waals surface area contributed by atoms with Gasteiger partial charge in [-0.25, -0.2) is 4.39 Å². The van der Waals surface area contributed by atoms with Crippen LogP contribution in [-0.2, 0) is 0 Å². The molecule has 0 atom stereocenters. The molecule has 0 unspecified atom stereocenters. The Morgan fingerprint density at radius 3 is 2.54 bits per heavy atom. The summed E-state index contributed by atoms with van der Waals surface area (Å²) in [4.78, 5) is 22.5. The minimum atomic E-state index is -0.740. The van der Waals surface area contributed by atoms with E-state index in [-0.39, 0.29) is 34.5 Å². The number of nitrogens with zero attached hydrogens (tertiary/aromatic N) is 1. The van der Waals surface area contributed by atoms with Crippen molar-refractivity contribution in [2.75, 3.05) is 0 Å². The first-order valence-corrected chi connectivity index (χ1v) is 7.15. The Labute approximate surface area is 135 Å². The Bertz CT molecular complexity index is 959. The molecule has 0 amide bonds. The predicted molar refractivity (Wildman–Crippen MR) is 84.5 cm³/mol. The van der Waals surface area contributed by atoms with Crippen molar-refractivity contribution in [3.05, 3.63) is 57.9 Å². The number of hydrogen-bond acceptors (Lipinski definition) is 5. The van der Waals surface area contributed by atoms with Crippen LogP contribution in [0.25, 0.3) is 22.3 Å². The van der Waals surface area contributed by atoms with Gasteiger partial charge in [0.15, 0.2) is 11.5 Å². The summed E-state index contributed by atoms with van der Waals surface area (Å²) in [6.07, 6.45) is 0.181. The highest BCUT2D eigenvalue weighted by molar-refractivity contribution is 6.12. The topological polar surface area (TPSA) is 93.6 Å². The smallest absolute Gasteiger partial charge is 0.314 e. The largest absolute Gasteiger partial charge is 0.502 e. The molecule has 0 radical (unpaired) electrons. The summed E-state index contributed by atoms with van der Waals surface area (Å²) in [6, 6.07) is 7.57. The number of ketones is 1. The van der Waals surface area contributed by atoms with Crippen molar-refractivity contribution in [3.8, 4) is 17.1 Å². The highest BCUT2D eigenvalue weighted by Crippen LogP contribution is 2.39. The van der Waals surface area contributed by atoms with Crippen molar-refractivity contribution in [1.29, 1.82) is 0 Å². The number of halogens is 1. The summed E-state index contributed by atoms with van der Waals surface area (Å²) in [5.41, 5.74) is 0.267. The van der Waals surface area contributed by atoms with E-state index in [1.807, 2.05) is 0 Å². The van der Waals surface area contributed by atoms with Crippen LogP contribution in [0.15, 0.2) is 40.8 Å². The maximum atomic E-state index is 13.1. The average molecular weight is 329 g/mol. The highest BCUT2D eigenvalue weighted by Gasteiger charge is 2.25. The van der Waals surface area contributed by atoms with Gasteiger partial charge in [0.25, 0.3) is 0 Å². The molecule has 0 fully saturated rings. The Morgan fingerprint density at radius 2 is 1.96 bits per heavy atom. The zero-order valence-corrected chi connectivity index (χ0v) is 12.6. The molecule has 3 aromatic rings. The zero-order valence-electron chi connectivity index (χ0n) is 12.6. The number of benzene rings is 2. The van der Waals surface area contributed by atoms with Gasteiger partial charge < -0.3 is 9.52 Å². The molecule has 7 heteroatoms. The van der Waals surface area contributed by atoms with Gasteiger partial charge in [0.1, 0.15) is 17.2 Å². The fourth-order valence-corrected chi connectivity index (χ4v) is 2.53. The molecule has 0 bridgehead atoms. The summed E-state index contributed by atoms with van der Waals surface area (Å²) >= 11 is 0. The van der Waals surface area contributed by atoms with Crippen molar-refractivity contribution < 1.29 is 23.6 Å². The molecule has 0 aliphatic carbocycles. The second kappa shape index (κ2) is 5.77. The van der Waals surface area contributed by atoms with E-state index in [1.54, 1.807) is 6.92 Å². The van der Waals surface area contributed by atoms with Crippen molar-refractivity contribution >= 4 is 22.4 Å². The van der Waals surface area contributed by atoms with Gasteiger partial charge in [0.05, 0.1) is 16.6 Å². The van der Waals surface area contributed by atoms with E-state index in [9.17, 15) is 24.4 Å². The molecular weight excluding hydrogens is 317 g/mol. The first-order chi connectivity index (χ1) is 11.4. The molecule has 3 rings (SSSR count). The van der Waals surface area contributed by atoms with Crippen molar-refractivity contribution in [2.45, 2.75) is 13.3 Å². The molecule has 0 aliphatic heterocycles. The van der Waals surface area contributed by atoms with Crippen LogP contribution in [0, 0.1) is 15.9 Å². The van der Waals surface area contributed by atoms with Gasteiger partial charge in [-0.05, 0) is 30.3 Å². The summed E-state index contributed by atoms with van der Waals surface area (Å²) in [7, 11) is 0. The summed E-state index contributed by atoms with van der Waals surface area (Å²) in [6.45, 7) is 1.67. The number of carbonyl (C=O) groups is 1. The second-order valence-corrected chi connectivity index (χ2v) is 5.18. The summed E-state index contributed by atoms with van der Waals surface area (Å²) in [5.74, 6) is -1.05. The van der Waals surface area contributed by atoms with Crippen molar-refractivity contribution in [3.63, 3.8) is 0 Å². The van der Waals surface area contributed by atoms with E-state index in [4.69, 9.17) is 4.42 Å². The van der Waals surface area contributed by atoms with E-state index in [0.29, 0.717) is 5.56 Å². The number of phenolic OH excluding ortho intramolecular Hbond substituents is 1. The van der Waals surface area contributed by atoms with Crippen LogP contribution in [0.1, 0.15) is 23.7 Å². The number of carbonyl (C=O) groups excluding carboxylic acids is 1. The van der Waals surface area contributed by atoms with Gasteiger partial charge in [0, 0.05) is 17.4 Å². The van der Waals surface area contributed by atoms with Gasteiger partial charge in [-0.2, -0.15) is 0 Å². The molecule has 1 N–H and O–H groups in total. The van der Waals surface area contributed by atoms with Gasteiger partial charge in [0.2, 0.25) is 0 Å². The minimum absolute atomic E-state index is 0.107. The number of phenols is 1. The number of Topliss-reactive ketones (excluding diaryl/α,β-unsaturated/α-hetero) is 1. The van der Waals surface area contributed by atoms with Crippen LogP contribution in [0.5, 0.6) is 5.75 Å². The summed E-state index contributed by atoms with van der Waals surface area (Å²) in [5, 5.41) is 21.1. The maximum Gasteiger partial charge on any atom is 0.314 e. The predicted octanol–water partition coefficient (Wildman–Crippen LogP) is 4.45. The number of nitro groups is 1. The SMILES string of the molecule is CCC(=O)c1c(-c2ccc(F)cc2)oc2cc([N+](=O)[O-])c(O)cc12. The number of rotatable bonds is 4. The quantitative estimate of drug-likeness (QED) is 0.434. The number of hydrogen-bond donors (Lipinski definition) is 1. The average Bonchev–Trinajstić information content (AvgIpc) is 2.92. The van der Waals surface area contributed by atoms with Crippen LogP contribution in [0.3, 0.4) is 0 Å². The molecule has 24 heavy (non-hydrogen) atoms. The van der Waals surface area contributed by atoms with Crippen LogP contribution in [0.4, 0.5) is 10.1 Å². The van der Waals surface area contributed by atoms with Crippen LogP contribution in [0.2, 0.25) is 0 Å². The first-order valence-electron chi connectivity index (χ1n) is 7.15. The Hall–Kier alpha value is -3.22. The Morgan fingerprint density at radius 1 is 1.29 bits per heavy atom. The van der Waals surface area contributed by atoms with Gasteiger partial charge >= 0.3 is 5.69 Å². The molecule has 1 heterocycles. The Balaban J connectivity index is 2.33. The number of aromatic hydroxyl groups is 1. The molecular formula is C17H12FNO5. The van der Waals surface area contributed by atoms with Gasteiger partial charge in [-0.15, -0.1) is 0 Å². The summed E-state index contributed by atoms with van der Waals surface area (Å²) < 4.78 is 18.8. The molecule has 1 aromatic heterocycles. The fourth-order valence-electron chi connectivity index (χ4n) is 2.53. The fraction of sp³-hybridized carbons (Fsp3) is 0.118. The van der Waals surface area contributed by atoms with E-state index in [1.165, 1.54) is 24.3 Å². The minimum Gasteiger partial charge on any atom is -0.502 e. The third kappa shape index (κ3) is 2.50. The van der Waals surface area contributed by atoms with E-state index < -0.39 is 22.2 Å². The third-order valence-electron chi connectivity index (χ3n) is 3.69. The lowest BCUT2D eigenvalue weighted by Gasteiger charge is -2.01. The molecule has 6 nitrogen and oxygen atoms in total. The van der Waals surface area contributed by atoms with Gasteiger partial charge in [-0.1, -0.05) is 6.92 Å². The highest BCUT2D eigenvalue weighted by atomic mass is 19.1. The molecule has 0 aliphatic rings. The molecule has 122 valence electrons. The molecule has 0 spiro atoms. The monoisotopic (exact) mass is 329 g/mol. The van der Waals surface area contributed by atoms with Gasteiger partial charge in [-0.3, -0.25) is 14.9 Å². The van der Waals surface area contributed by atoms with Crippen LogP contribution >= 0.6 is 0 Å². The maximum absolute atomic E-state index is 13.1. The standard InChI is InChI=1S/C17H12FNO5/c1-2-13(20)16-11-7-14(21)12(19(22)23)8-15(11)24-17(16)9-3-5-10(18)6-4-9/h3-8,21H,2H2,1H3. The van der Waals surface area contributed by atoms with E-state index >= 15 is 0 Å². The lowest BCUT2D eigenvalue weighted by molar-refractivity contribution is -0.385. The molecule has 0 saturated carbocycles. The normalized spacial score (nSPS) is 10.9. The lowest BCUT2D eigenvalue weighted by atomic mass is 10.0. The molecule has 2 aromatic carbocycles. The second-order valence-electron chi connectivity index (χ2n) is 5.18. The number of fused-ring (bicyclic) bond motifs is 1. The first kappa shape index (κ1) is 15.7. The zero-order chi connectivity index (χ0) is 17.4. The van der Waals surface area contributed by atoms with Crippen molar-refractivity contribution in [1.82, 2.24) is 0 Å². The number of nitro benzene ring substituents is 1. The van der Waals surface area contributed by atoms with E-state index in [0.717, 1.165) is 12.1 Å². The van der Waals surface area contributed by atoms with Crippen molar-refractivity contribution in [2.24, 2.45) is 0 Å². The third-order valence-corrected chi connectivity index (χ3v) is 3.69. The molecule has 0 saturated heterocycles. The Kier molecular flexibility index (Phi) is 3.76. The van der Waals surface area contributed by atoms with Crippen LogP contribution < -0.4 is 0 Å². The van der Waals surface area contributed by atoms with Crippen LogP contribution in [-0.4, -0.2) is 15.8 Å². The van der Waals surface area contributed by atoms with E-state index in [2.05, 4.69) is 0 Å². The number of furan rings is 1.